The van der Waals surface area contributed by atoms with Gasteiger partial charge in [0.05, 0.1) is 19.8 Å². The van der Waals surface area contributed by atoms with E-state index in [4.69, 9.17) is 14.9 Å². The van der Waals surface area contributed by atoms with Gasteiger partial charge in [0.25, 0.3) is 0 Å². The number of aliphatic hydroxyl groups excluding tert-OH is 2. The zero-order valence-electron chi connectivity index (χ0n) is 12.0. The van der Waals surface area contributed by atoms with Crippen LogP contribution in [0.25, 0.3) is 0 Å². The van der Waals surface area contributed by atoms with E-state index in [0.29, 0.717) is 19.6 Å². The number of hydrogen-bond donors (Lipinski definition) is 2. The van der Waals surface area contributed by atoms with Crippen LogP contribution >= 0.6 is 0 Å². The van der Waals surface area contributed by atoms with E-state index in [1.807, 2.05) is 24.3 Å². The molecule has 1 aromatic carbocycles. The number of methoxy groups -OCH3 is 1. The van der Waals surface area contributed by atoms with Crippen molar-refractivity contribution in [1.29, 1.82) is 0 Å². The van der Waals surface area contributed by atoms with Crippen molar-refractivity contribution in [3.63, 3.8) is 0 Å². The summed E-state index contributed by atoms with van der Waals surface area (Å²) in [6.07, 6.45) is 0.503. The van der Waals surface area contributed by atoms with Gasteiger partial charge in [0.1, 0.15) is 0 Å². The molecule has 0 atom stereocenters. The van der Waals surface area contributed by atoms with Crippen LogP contribution in [0.5, 0.6) is 0 Å². The van der Waals surface area contributed by atoms with Crippen molar-refractivity contribution in [3.8, 4) is 11.8 Å². The molecule has 0 unspecified atom stereocenters. The van der Waals surface area contributed by atoms with Crippen molar-refractivity contribution >= 4 is 0 Å². The molecule has 0 radical (unpaired) electrons. The van der Waals surface area contributed by atoms with E-state index in [1.54, 1.807) is 7.11 Å². The highest BCUT2D eigenvalue weighted by molar-refractivity contribution is 5.36. The Hall–Kier alpha value is -1.38. The molecule has 1 aromatic rings. The fourth-order valence-electron chi connectivity index (χ4n) is 1.80. The van der Waals surface area contributed by atoms with Gasteiger partial charge < -0.3 is 14.9 Å². The molecule has 20 heavy (non-hydrogen) atoms. The Kier molecular flexibility index (Phi) is 8.68. The van der Waals surface area contributed by atoms with Gasteiger partial charge in [-0.15, -0.1) is 0 Å². The standard InChI is InChI=1S/C16H23NO3/c1-20-13-10-17(9-12-19)14-16-7-5-15(6-8-16)4-2-3-11-18/h5-8,18-19H,3,9-14H2,1H3. The van der Waals surface area contributed by atoms with Gasteiger partial charge in [-0.2, -0.15) is 0 Å². The van der Waals surface area contributed by atoms with Crippen molar-refractivity contribution < 1.29 is 14.9 Å². The number of ether oxygens (including phenoxy) is 1. The molecule has 0 aliphatic heterocycles. The molecule has 4 nitrogen and oxygen atoms in total. The normalized spacial score (nSPS) is 10.4. The molecule has 0 fully saturated rings. The van der Waals surface area contributed by atoms with Crippen LogP contribution in [0.3, 0.4) is 0 Å². The van der Waals surface area contributed by atoms with E-state index in [1.165, 1.54) is 5.56 Å². The average Bonchev–Trinajstić information content (AvgIpc) is 2.47. The molecule has 0 aliphatic rings. The van der Waals surface area contributed by atoms with Crippen molar-refractivity contribution in [2.45, 2.75) is 13.0 Å². The summed E-state index contributed by atoms with van der Waals surface area (Å²) in [6, 6.07) is 8.04. The Morgan fingerprint density at radius 3 is 2.45 bits per heavy atom. The summed E-state index contributed by atoms with van der Waals surface area (Å²) in [4.78, 5) is 2.15. The van der Waals surface area contributed by atoms with E-state index in [9.17, 15) is 0 Å². The van der Waals surface area contributed by atoms with Gasteiger partial charge >= 0.3 is 0 Å². The summed E-state index contributed by atoms with van der Waals surface area (Å²) >= 11 is 0. The lowest BCUT2D eigenvalue weighted by Gasteiger charge is -2.20. The van der Waals surface area contributed by atoms with E-state index < -0.39 is 0 Å². The van der Waals surface area contributed by atoms with E-state index in [2.05, 4.69) is 16.7 Å². The Morgan fingerprint density at radius 1 is 1.10 bits per heavy atom. The first kappa shape index (κ1) is 16.7. The smallest absolute Gasteiger partial charge is 0.0589 e. The zero-order valence-corrected chi connectivity index (χ0v) is 12.0. The van der Waals surface area contributed by atoms with Gasteiger partial charge in [-0.3, -0.25) is 4.90 Å². The molecule has 4 heteroatoms. The monoisotopic (exact) mass is 277 g/mol. The third kappa shape index (κ3) is 6.69. The predicted molar refractivity (Wildman–Crippen MR) is 79.3 cm³/mol. The average molecular weight is 277 g/mol. The molecule has 0 saturated carbocycles. The lowest BCUT2D eigenvalue weighted by atomic mass is 10.1. The minimum Gasteiger partial charge on any atom is -0.395 e. The summed E-state index contributed by atoms with van der Waals surface area (Å²) in [5.41, 5.74) is 2.13. The summed E-state index contributed by atoms with van der Waals surface area (Å²) < 4.78 is 5.07. The summed E-state index contributed by atoms with van der Waals surface area (Å²) in [7, 11) is 1.68. The maximum atomic E-state index is 9.06. The lowest BCUT2D eigenvalue weighted by Crippen LogP contribution is -2.29. The minimum absolute atomic E-state index is 0.0979. The van der Waals surface area contributed by atoms with Crippen molar-refractivity contribution in [2.75, 3.05) is 40.0 Å². The van der Waals surface area contributed by atoms with Crippen LogP contribution in [0.15, 0.2) is 24.3 Å². The highest BCUT2D eigenvalue weighted by Gasteiger charge is 2.05. The third-order valence-electron chi connectivity index (χ3n) is 2.86. The van der Waals surface area contributed by atoms with Crippen LogP contribution in [0, 0.1) is 11.8 Å². The minimum atomic E-state index is 0.0979. The molecule has 0 heterocycles. The van der Waals surface area contributed by atoms with Crippen LogP contribution in [0.1, 0.15) is 17.5 Å². The highest BCUT2D eigenvalue weighted by atomic mass is 16.5. The first-order valence-corrected chi connectivity index (χ1v) is 6.81. The molecular formula is C16H23NO3. The fraction of sp³-hybridized carbons (Fsp3) is 0.500. The van der Waals surface area contributed by atoms with Crippen LogP contribution in [0.2, 0.25) is 0 Å². The molecule has 0 amide bonds. The van der Waals surface area contributed by atoms with Crippen LogP contribution in [-0.2, 0) is 11.3 Å². The second kappa shape index (κ2) is 10.4. The summed E-state index contributed by atoms with van der Waals surface area (Å²) in [5.74, 6) is 5.90. The van der Waals surface area contributed by atoms with Gasteiger partial charge in [0, 0.05) is 38.7 Å². The molecule has 0 bridgehead atoms. The van der Waals surface area contributed by atoms with Gasteiger partial charge in [-0.1, -0.05) is 24.0 Å². The summed E-state index contributed by atoms with van der Waals surface area (Å²) in [5, 5.41) is 17.7. The topological polar surface area (TPSA) is 52.9 Å². The van der Waals surface area contributed by atoms with Gasteiger partial charge in [0.2, 0.25) is 0 Å². The Labute approximate surface area is 121 Å². The third-order valence-corrected chi connectivity index (χ3v) is 2.86. The predicted octanol–water partition coefficient (Wildman–Crippen LogP) is 0.861. The van der Waals surface area contributed by atoms with E-state index >= 15 is 0 Å². The SMILES string of the molecule is COCCN(CCO)Cc1ccc(C#CCCO)cc1. The molecule has 2 N–H and O–H groups in total. The maximum Gasteiger partial charge on any atom is 0.0589 e. The Morgan fingerprint density at radius 2 is 1.85 bits per heavy atom. The second-order valence-electron chi connectivity index (χ2n) is 4.46. The van der Waals surface area contributed by atoms with Crippen molar-refractivity contribution in [2.24, 2.45) is 0 Å². The van der Waals surface area contributed by atoms with E-state index in [0.717, 1.165) is 18.7 Å². The summed E-state index contributed by atoms with van der Waals surface area (Å²) in [6.45, 7) is 3.13. The van der Waals surface area contributed by atoms with Crippen LogP contribution in [0.4, 0.5) is 0 Å². The molecule has 1 rings (SSSR count). The Bertz CT molecular complexity index is 420. The maximum absolute atomic E-state index is 9.06. The van der Waals surface area contributed by atoms with Gasteiger partial charge in [-0.25, -0.2) is 0 Å². The first-order chi connectivity index (χ1) is 9.80. The Balaban J connectivity index is 2.56. The molecule has 0 saturated heterocycles. The van der Waals surface area contributed by atoms with Crippen LogP contribution in [-0.4, -0.2) is 55.1 Å². The molecule has 0 spiro atoms. The van der Waals surface area contributed by atoms with Crippen molar-refractivity contribution in [1.82, 2.24) is 4.90 Å². The largest absolute Gasteiger partial charge is 0.395 e. The number of aliphatic hydroxyl groups is 2. The van der Waals surface area contributed by atoms with Gasteiger partial charge in [-0.05, 0) is 17.7 Å². The number of hydrogen-bond acceptors (Lipinski definition) is 4. The zero-order chi connectivity index (χ0) is 14.6. The van der Waals surface area contributed by atoms with Crippen LogP contribution < -0.4 is 0 Å². The fourth-order valence-corrected chi connectivity index (χ4v) is 1.80. The second-order valence-corrected chi connectivity index (χ2v) is 4.46. The molecule has 0 aliphatic carbocycles. The van der Waals surface area contributed by atoms with Crippen molar-refractivity contribution in [3.05, 3.63) is 35.4 Å². The first-order valence-electron chi connectivity index (χ1n) is 6.81. The number of benzene rings is 1. The molecule has 110 valence electrons. The number of nitrogens with zero attached hydrogens (tertiary/aromatic N) is 1. The van der Waals surface area contributed by atoms with E-state index in [-0.39, 0.29) is 13.2 Å². The highest BCUT2D eigenvalue weighted by Crippen LogP contribution is 2.07. The quantitative estimate of drug-likeness (QED) is 0.692. The lowest BCUT2D eigenvalue weighted by molar-refractivity contribution is 0.127. The molecular weight excluding hydrogens is 254 g/mol. The number of rotatable bonds is 8. The molecule has 0 aromatic heterocycles. The van der Waals surface area contributed by atoms with Gasteiger partial charge in [0.15, 0.2) is 0 Å².